The second kappa shape index (κ2) is 4.67. The summed E-state index contributed by atoms with van der Waals surface area (Å²) in [6, 6.07) is 5.99. The summed E-state index contributed by atoms with van der Waals surface area (Å²) in [4.78, 5) is 25.8. The van der Waals surface area contributed by atoms with Gasteiger partial charge in [0, 0.05) is 24.7 Å². The van der Waals surface area contributed by atoms with E-state index in [9.17, 15) is 14.7 Å². The Kier molecular flexibility index (Phi) is 2.97. The zero-order chi connectivity index (χ0) is 14.3. The minimum Gasteiger partial charge on any atom is -0.508 e. The van der Waals surface area contributed by atoms with E-state index in [4.69, 9.17) is 0 Å². The van der Waals surface area contributed by atoms with Crippen LogP contribution in [0.5, 0.6) is 5.75 Å². The summed E-state index contributed by atoms with van der Waals surface area (Å²) in [5.41, 5.74) is 2.19. The number of nitrogens with one attached hydrogen (secondary N) is 1. The number of nitrogens with zero attached hydrogens (tertiary/aromatic N) is 1. The number of phenols is 1. The lowest BCUT2D eigenvalue weighted by molar-refractivity contribution is -0.116. The monoisotopic (exact) mass is 272 g/mol. The van der Waals surface area contributed by atoms with E-state index >= 15 is 0 Å². The maximum absolute atomic E-state index is 12.3. The van der Waals surface area contributed by atoms with Gasteiger partial charge in [-0.05, 0) is 30.5 Å². The lowest BCUT2D eigenvalue weighted by atomic mass is 9.85. The molecule has 2 aliphatic rings. The van der Waals surface area contributed by atoms with Gasteiger partial charge in [0.2, 0.25) is 0 Å². The molecule has 20 heavy (non-hydrogen) atoms. The smallest absolute Gasteiger partial charge is 0.322 e. The number of phenolic OH excluding ortho intramolecular Hbond substituents is 1. The third-order valence-corrected chi connectivity index (χ3v) is 3.90. The summed E-state index contributed by atoms with van der Waals surface area (Å²) >= 11 is 0. The SMILES string of the molecule is CN1C(=O)NC(c2cccc(O)c2)C2=C1CCCC2=O. The summed E-state index contributed by atoms with van der Waals surface area (Å²) in [6.07, 6.45) is 2.03. The van der Waals surface area contributed by atoms with E-state index in [1.54, 1.807) is 25.2 Å². The van der Waals surface area contributed by atoms with E-state index in [1.165, 1.54) is 4.90 Å². The fourth-order valence-corrected chi connectivity index (χ4v) is 2.89. The Hall–Kier alpha value is -2.30. The molecule has 2 N–H and O–H groups in total. The number of carbonyl (C=O) groups is 2. The number of rotatable bonds is 1. The number of amides is 2. The van der Waals surface area contributed by atoms with Crippen LogP contribution in [0.3, 0.4) is 0 Å². The Morgan fingerprint density at radius 1 is 1.30 bits per heavy atom. The zero-order valence-electron chi connectivity index (χ0n) is 11.2. The van der Waals surface area contributed by atoms with Crippen LogP contribution in [0.25, 0.3) is 0 Å². The minimum absolute atomic E-state index is 0.0754. The molecular formula is C15H16N2O3. The first-order valence-electron chi connectivity index (χ1n) is 6.67. The van der Waals surface area contributed by atoms with Crippen LogP contribution in [-0.2, 0) is 4.79 Å². The van der Waals surface area contributed by atoms with E-state index in [0.29, 0.717) is 12.0 Å². The van der Waals surface area contributed by atoms with Gasteiger partial charge in [-0.15, -0.1) is 0 Å². The van der Waals surface area contributed by atoms with Gasteiger partial charge in [-0.2, -0.15) is 0 Å². The van der Waals surface area contributed by atoms with Crippen LogP contribution in [0.15, 0.2) is 35.5 Å². The molecule has 0 radical (unpaired) electrons. The van der Waals surface area contributed by atoms with Gasteiger partial charge in [-0.25, -0.2) is 4.79 Å². The largest absolute Gasteiger partial charge is 0.508 e. The molecule has 1 aliphatic heterocycles. The van der Waals surface area contributed by atoms with Gasteiger partial charge < -0.3 is 15.3 Å². The van der Waals surface area contributed by atoms with E-state index in [1.807, 2.05) is 6.07 Å². The quantitative estimate of drug-likeness (QED) is 0.822. The molecule has 0 fully saturated rings. The highest BCUT2D eigenvalue weighted by Gasteiger charge is 2.37. The molecule has 0 saturated carbocycles. The molecule has 0 aromatic heterocycles. The molecule has 1 heterocycles. The number of benzene rings is 1. The summed E-state index contributed by atoms with van der Waals surface area (Å²) in [7, 11) is 1.68. The number of Topliss-reactive ketones (excluding diaryl/α,β-unsaturated/α-hetero) is 1. The molecule has 1 aromatic carbocycles. The number of ketones is 1. The molecule has 0 bridgehead atoms. The third-order valence-electron chi connectivity index (χ3n) is 3.90. The first-order valence-corrected chi connectivity index (χ1v) is 6.67. The van der Waals surface area contributed by atoms with Crippen molar-refractivity contribution in [1.82, 2.24) is 10.2 Å². The number of aromatic hydroxyl groups is 1. The summed E-state index contributed by atoms with van der Waals surface area (Å²) < 4.78 is 0. The molecular weight excluding hydrogens is 256 g/mol. The van der Waals surface area contributed by atoms with Crippen LogP contribution in [-0.4, -0.2) is 28.9 Å². The summed E-state index contributed by atoms with van der Waals surface area (Å²) in [5, 5.41) is 12.4. The average Bonchev–Trinajstić information content (AvgIpc) is 2.43. The van der Waals surface area contributed by atoms with Crippen molar-refractivity contribution in [3.8, 4) is 5.75 Å². The summed E-state index contributed by atoms with van der Waals surface area (Å²) in [5.74, 6) is 0.201. The first kappa shape index (κ1) is 12.7. The molecule has 2 amide bonds. The van der Waals surface area contributed by atoms with E-state index < -0.39 is 6.04 Å². The Bertz CT molecular complexity index is 621. The molecule has 5 heteroatoms. The zero-order valence-corrected chi connectivity index (χ0v) is 11.2. The van der Waals surface area contributed by atoms with Gasteiger partial charge in [0.05, 0.1) is 6.04 Å². The molecule has 1 aromatic rings. The molecule has 104 valence electrons. The Morgan fingerprint density at radius 2 is 2.10 bits per heavy atom. The highest BCUT2D eigenvalue weighted by Crippen LogP contribution is 2.37. The van der Waals surface area contributed by atoms with Crippen molar-refractivity contribution in [2.45, 2.75) is 25.3 Å². The fraction of sp³-hybridized carbons (Fsp3) is 0.333. The van der Waals surface area contributed by atoms with E-state index in [2.05, 4.69) is 5.32 Å². The lowest BCUT2D eigenvalue weighted by Gasteiger charge is -2.37. The summed E-state index contributed by atoms with van der Waals surface area (Å²) in [6.45, 7) is 0. The molecule has 1 aliphatic carbocycles. The molecule has 0 spiro atoms. The van der Waals surface area contributed by atoms with Gasteiger partial charge in [-0.1, -0.05) is 12.1 Å². The predicted molar refractivity (Wildman–Crippen MR) is 73.0 cm³/mol. The maximum atomic E-state index is 12.3. The first-order chi connectivity index (χ1) is 9.58. The van der Waals surface area contributed by atoms with Crippen molar-refractivity contribution in [3.63, 3.8) is 0 Å². The topological polar surface area (TPSA) is 69.6 Å². The van der Waals surface area contributed by atoms with Gasteiger partial charge in [0.25, 0.3) is 0 Å². The van der Waals surface area contributed by atoms with Crippen LogP contribution in [0.1, 0.15) is 30.9 Å². The van der Waals surface area contributed by atoms with Crippen LogP contribution in [0.2, 0.25) is 0 Å². The lowest BCUT2D eigenvalue weighted by Crippen LogP contribution is -2.47. The normalized spacial score (nSPS) is 22.6. The second-order valence-corrected chi connectivity index (χ2v) is 5.17. The van der Waals surface area contributed by atoms with Gasteiger partial charge in [0.15, 0.2) is 5.78 Å². The van der Waals surface area contributed by atoms with Crippen LogP contribution in [0.4, 0.5) is 4.79 Å². The van der Waals surface area contributed by atoms with Crippen molar-refractivity contribution >= 4 is 11.8 Å². The van der Waals surface area contributed by atoms with Gasteiger partial charge >= 0.3 is 6.03 Å². The van der Waals surface area contributed by atoms with Crippen LogP contribution < -0.4 is 5.32 Å². The predicted octanol–water partition coefficient (Wildman–Crippen LogP) is 2.10. The van der Waals surface area contributed by atoms with Crippen molar-refractivity contribution in [3.05, 3.63) is 41.1 Å². The van der Waals surface area contributed by atoms with E-state index in [-0.39, 0.29) is 17.6 Å². The van der Waals surface area contributed by atoms with Crippen molar-refractivity contribution in [1.29, 1.82) is 0 Å². The number of hydrogen-bond acceptors (Lipinski definition) is 3. The van der Waals surface area contributed by atoms with Gasteiger partial charge in [-0.3, -0.25) is 4.79 Å². The molecule has 1 atom stereocenters. The van der Waals surface area contributed by atoms with Crippen molar-refractivity contribution in [2.75, 3.05) is 7.05 Å². The van der Waals surface area contributed by atoms with Crippen LogP contribution >= 0.6 is 0 Å². The van der Waals surface area contributed by atoms with Crippen molar-refractivity contribution in [2.24, 2.45) is 0 Å². The molecule has 3 rings (SSSR count). The minimum atomic E-state index is -0.464. The third kappa shape index (κ3) is 1.95. The second-order valence-electron chi connectivity index (χ2n) is 5.17. The Morgan fingerprint density at radius 3 is 2.85 bits per heavy atom. The highest BCUT2D eigenvalue weighted by atomic mass is 16.3. The number of urea groups is 1. The highest BCUT2D eigenvalue weighted by molar-refractivity contribution is 6.00. The van der Waals surface area contributed by atoms with E-state index in [0.717, 1.165) is 24.1 Å². The number of carbonyl (C=O) groups excluding carboxylic acids is 2. The number of allylic oxidation sites excluding steroid dienone is 1. The van der Waals surface area contributed by atoms with Crippen molar-refractivity contribution < 1.29 is 14.7 Å². The average molecular weight is 272 g/mol. The standard InChI is InChI=1S/C15H16N2O3/c1-17-11-6-3-7-12(19)13(11)14(16-15(17)20)9-4-2-5-10(18)8-9/h2,4-5,8,14,18H,3,6-7H2,1H3,(H,16,20). The number of hydrogen-bond donors (Lipinski definition) is 2. The molecule has 1 unspecified atom stereocenters. The molecule has 5 nitrogen and oxygen atoms in total. The van der Waals surface area contributed by atoms with Gasteiger partial charge in [0.1, 0.15) is 5.75 Å². The Balaban J connectivity index is 2.12. The fourth-order valence-electron chi connectivity index (χ4n) is 2.89. The van der Waals surface area contributed by atoms with Crippen LogP contribution in [0, 0.1) is 0 Å². The maximum Gasteiger partial charge on any atom is 0.322 e. The Labute approximate surface area is 116 Å². The molecule has 0 saturated heterocycles.